The number of hydrogen-bond donors (Lipinski definition) is 0. The van der Waals surface area contributed by atoms with Crippen molar-refractivity contribution in [3.63, 3.8) is 0 Å². The molecule has 2 aromatic rings. The molecule has 0 amide bonds. The van der Waals surface area contributed by atoms with E-state index in [-0.39, 0.29) is 0 Å². The van der Waals surface area contributed by atoms with E-state index in [1.54, 1.807) is 11.0 Å². The number of rotatable bonds is 3. The topological polar surface area (TPSA) is 0 Å². The molecule has 0 radical (unpaired) electrons. The van der Waals surface area contributed by atoms with Crippen LogP contribution in [0.1, 0.15) is 87.1 Å². The Kier molecular flexibility index (Phi) is 5.16. The van der Waals surface area contributed by atoms with Gasteiger partial charge in [0.05, 0.1) is 0 Å². The summed E-state index contributed by atoms with van der Waals surface area (Å²) in [6.45, 7) is 2.46. The summed E-state index contributed by atoms with van der Waals surface area (Å²) in [4.78, 5) is 0. The third-order valence-electron chi connectivity index (χ3n) is 6.28. The fourth-order valence-corrected chi connectivity index (χ4v) is 5.07. The van der Waals surface area contributed by atoms with Crippen LogP contribution in [0.25, 0.3) is 11.1 Å². The molecule has 0 saturated heterocycles. The van der Waals surface area contributed by atoms with Gasteiger partial charge in [0.25, 0.3) is 0 Å². The van der Waals surface area contributed by atoms with Crippen LogP contribution in [0.5, 0.6) is 0 Å². The van der Waals surface area contributed by atoms with Crippen molar-refractivity contribution in [1.29, 1.82) is 0 Å². The van der Waals surface area contributed by atoms with Crippen LogP contribution in [0.3, 0.4) is 0 Å². The van der Waals surface area contributed by atoms with E-state index in [1.807, 2.05) is 0 Å². The van der Waals surface area contributed by atoms with Gasteiger partial charge in [0.2, 0.25) is 0 Å². The summed E-state index contributed by atoms with van der Waals surface area (Å²) in [6, 6.07) is 13.5. The van der Waals surface area contributed by atoms with Gasteiger partial charge in [-0.05, 0) is 0 Å². The first-order chi connectivity index (χ1) is 11.9. The second-order valence-corrected chi connectivity index (χ2v) is 7.84. The van der Waals surface area contributed by atoms with Crippen molar-refractivity contribution in [1.82, 2.24) is 0 Å². The van der Waals surface area contributed by atoms with Gasteiger partial charge in [-0.3, -0.25) is 0 Å². The molecule has 2 fully saturated rings. The zero-order valence-electron chi connectivity index (χ0n) is 14.8. The van der Waals surface area contributed by atoms with Gasteiger partial charge in [-0.15, -0.1) is 0 Å². The van der Waals surface area contributed by atoms with Crippen LogP contribution in [0.15, 0.2) is 42.4 Å². The molecule has 2 aliphatic rings. The van der Waals surface area contributed by atoms with Gasteiger partial charge in [0.15, 0.2) is 0 Å². The summed E-state index contributed by atoms with van der Waals surface area (Å²) < 4.78 is 0. The van der Waals surface area contributed by atoms with Gasteiger partial charge < -0.3 is 0 Å². The zero-order chi connectivity index (χ0) is 16.2. The molecule has 0 unspecified atom stereocenters. The first-order valence-electron chi connectivity index (χ1n) is 10.1. The van der Waals surface area contributed by atoms with Gasteiger partial charge in [0.1, 0.15) is 0 Å². The molecule has 0 atom stereocenters. The van der Waals surface area contributed by atoms with Crippen LogP contribution in [-0.2, 0) is 0 Å². The summed E-state index contributed by atoms with van der Waals surface area (Å²) in [5.74, 6) is 3.91. The number of benzene rings is 1. The maximum absolute atomic E-state index is 2.46. The Hall–Kier alpha value is -1.37. The molecule has 0 aliphatic heterocycles. The van der Waals surface area contributed by atoms with Crippen molar-refractivity contribution in [2.75, 3.05) is 0 Å². The summed E-state index contributed by atoms with van der Waals surface area (Å²) >= 11 is 0. The molecule has 1 aromatic carbocycles. The van der Waals surface area contributed by atoms with Crippen molar-refractivity contribution in [2.45, 2.75) is 76.0 Å². The minimum atomic E-state index is 0.784. The molecule has 24 heavy (non-hydrogen) atoms. The third kappa shape index (κ3) is 3.36. The molecule has 1 aromatic heterocycles. The fraction of sp³-hybridized carbons (Fsp3) is 0.522. The van der Waals surface area contributed by atoms with Gasteiger partial charge in [-0.2, -0.15) is 0 Å². The summed E-state index contributed by atoms with van der Waals surface area (Å²) in [5.41, 5.74) is 6.35. The Morgan fingerprint density at radius 1 is 0.667 bits per heavy atom. The fourth-order valence-electron chi connectivity index (χ4n) is 5.07. The maximum atomic E-state index is 2.46. The average Bonchev–Trinajstić information content (AvgIpc) is 2.69. The predicted octanol–water partition coefficient (Wildman–Crippen LogP) is 6.79. The van der Waals surface area contributed by atoms with E-state index in [0.717, 1.165) is 11.8 Å². The van der Waals surface area contributed by atoms with E-state index in [1.165, 1.54) is 75.3 Å². The van der Waals surface area contributed by atoms with Gasteiger partial charge in [-0.1, -0.05) is 0 Å². The molecular formula is C23H29B. The Balaban J connectivity index is 1.80. The van der Waals surface area contributed by atoms with Crippen LogP contribution >= 0.6 is 0 Å². The number of hydrogen-bond acceptors (Lipinski definition) is 0. The predicted molar refractivity (Wildman–Crippen MR) is 105 cm³/mol. The molecule has 2 aliphatic carbocycles. The summed E-state index contributed by atoms with van der Waals surface area (Å²) in [7, 11) is 0. The van der Waals surface area contributed by atoms with Crippen LogP contribution in [0, 0.1) is 0 Å². The first kappa shape index (κ1) is 16.1. The summed E-state index contributed by atoms with van der Waals surface area (Å²) in [5, 5.41) is 0. The van der Waals surface area contributed by atoms with E-state index in [0.29, 0.717) is 0 Å². The van der Waals surface area contributed by atoms with Crippen molar-refractivity contribution in [2.24, 2.45) is 0 Å². The van der Waals surface area contributed by atoms with Crippen LogP contribution < -0.4 is 0 Å². The minimum absolute atomic E-state index is 0.784. The van der Waals surface area contributed by atoms with Crippen LogP contribution in [0.4, 0.5) is 0 Å². The average molecular weight is 316 g/mol. The summed E-state index contributed by atoms with van der Waals surface area (Å²) in [6.07, 6.45) is 14.1. The third-order valence-corrected chi connectivity index (χ3v) is 6.28. The molecule has 0 nitrogen and oxygen atoms in total. The molecule has 1 heterocycles. The van der Waals surface area contributed by atoms with E-state index in [2.05, 4.69) is 49.3 Å². The van der Waals surface area contributed by atoms with E-state index in [4.69, 9.17) is 0 Å². The van der Waals surface area contributed by atoms with Crippen molar-refractivity contribution >= 4 is 6.91 Å². The second-order valence-electron chi connectivity index (χ2n) is 7.84. The quantitative estimate of drug-likeness (QED) is 0.585. The molecule has 4 rings (SSSR count). The van der Waals surface area contributed by atoms with Crippen molar-refractivity contribution < 1.29 is 0 Å². The van der Waals surface area contributed by atoms with E-state index in [9.17, 15) is 0 Å². The Labute approximate surface area is 147 Å². The van der Waals surface area contributed by atoms with Crippen molar-refractivity contribution in [3.05, 3.63) is 53.4 Å². The second kappa shape index (κ2) is 7.68. The molecule has 1 heteroatoms. The molecule has 0 spiro atoms. The Morgan fingerprint density at radius 3 is 1.96 bits per heavy atom. The molecule has 0 N–H and O–H groups in total. The molecule has 2 saturated carbocycles. The molecule has 124 valence electrons. The van der Waals surface area contributed by atoms with Crippen LogP contribution in [0.2, 0.25) is 0 Å². The zero-order valence-corrected chi connectivity index (χ0v) is 14.8. The normalized spacial score (nSPS) is 20.0. The Morgan fingerprint density at radius 2 is 1.29 bits per heavy atom. The van der Waals surface area contributed by atoms with Gasteiger partial charge >= 0.3 is 147 Å². The van der Waals surface area contributed by atoms with Gasteiger partial charge in [-0.25, -0.2) is 0 Å². The standard InChI is InChI=1S/C23H29B/c1-4-10-18(11-5-1)21-16-17-24-23(20-14-8-3-9-15-20)22(21)19-12-6-2-7-13-19/h1,4-5,10-11,16-17,19-20H,2-3,6-9,12-15H2. The van der Waals surface area contributed by atoms with Crippen LogP contribution in [-0.4, -0.2) is 6.91 Å². The SMILES string of the molecule is b1ccc(-c2ccccc2)c(C2CCCCC2)c1C1CCCCC1. The monoisotopic (exact) mass is 316 g/mol. The van der Waals surface area contributed by atoms with E-state index < -0.39 is 0 Å². The molecular weight excluding hydrogens is 287 g/mol. The Bertz CT molecular complexity index is 649. The van der Waals surface area contributed by atoms with Gasteiger partial charge in [0, 0.05) is 0 Å². The van der Waals surface area contributed by atoms with E-state index >= 15 is 0 Å². The first-order valence-corrected chi connectivity index (χ1v) is 10.1. The van der Waals surface area contributed by atoms with Crippen molar-refractivity contribution in [3.8, 4) is 11.1 Å². The molecule has 0 bridgehead atoms.